The molecule has 9 heteroatoms. The molecule has 0 spiro atoms. The van der Waals surface area contributed by atoms with Crippen molar-refractivity contribution in [1.29, 1.82) is 0 Å². The summed E-state index contributed by atoms with van der Waals surface area (Å²) in [7, 11) is 0. The minimum Gasteiger partial charge on any atom is -0.369 e. The van der Waals surface area contributed by atoms with Crippen LogP contribution in [0, 0.1) is 13.8 Å². The number of primary amides is 1. The lowest BCUT2D eigenvalue weighted by Crippen LogP contribution is -2.48. The molecule has 3 aromatic rings. The lowest BCUT2D eigenvalue weighted by Gasteiger charge is -2.36. The van der Waals surface area contributed by atoms with E-state index in [1.54, 1.807) is 4.52 Å². The van der Waals surface area contributed by atoms with Crippen LogP contribution in [0.2, 0.25) is 0 Å². The molecule has 4 rings (SSSR count). The van der Waals surface area contributed by atoms with Crippen molar-refractivity contribution in [3.63, 3.8) is 0 Å². The van der Waals surface area contributed by atoms with Gasteiger partial charge < -0.3 is 16.0 Å². The molecule has 1 aliphatic heterocycles. The summed E-state index contributed by atoms with van der Waals surface area (Å²) < 4.78 is 1.62. The summed E-state index contributed by atoms with van der Waals surface area (Å²) in [4.78, 5) is 33.3. The van der Waals surface area contributed by atoms with Gasteiger partial charge in [0.25, 0.3) is 5.91 Å². The summed E-state index contributed by atoms with van der Waals surface area (Å²) in [5.41, 5.74) is 10.0. The number of hydrogen-bond donors (Lipinski definition) is 2. The van der Waals surface area contributed by atoms with Gasteiger partial charge in [-0.2, -0.15) is 5.10 Å². The lowest BCUT2D eigenvalue weighted by molar-refractivity contribution is -0.121. The summed E-state index contributed by atoms with van der Waals surface area (Å²) in [5, 5.41) is 7.28. The number of nitrogens with zero attached hydrogens (tertiary/aromatic N) is 5. The maximum atomic E-state index is 12.4. The van der Waals surface area contributed by atoms with Crippen molar-refractivity contribution in [2.45, 2.75) is 26.7 Å². The van der Waals surface area contributed by atoms with Gasteiger partial charge in [0.05, 0.1) is 6.20 Å². The number of nitrogens with one attached hydrogen (secondary N) is 1. The van der Waals surface area contributed by atoms with Gasteiger partial charge in [0, 0.05) is 62.8 Å². The van der Waals surface area contributed by atoms with Crippen LogP contribution in [0.3, 0.4) is 0 Å². The van der Waals surface area contributed by atoms with Gasteiger partial charge in [-0.1, -0.05) is 18.2 Å². The number of carbonyl (C=O) groups is 2. The third-order valence-corrected chi connectivity index (χ3v) is 6.32. The summed E-state index contributed by atoms with van der Waals surface area (Å²) in [5.74, 6) is -0.528. The number of fused-ring (bicyclic) bond motifs is 1. The van der Waals surface area contributed by atoms with Crippen molar-refractivity contribution in [2.75, 3.05) is 44.2 Å². The average molecular weight is 450 g/mol. The highest BCUT2D eigenvalue weighted by molar-refractivity contribution is 5.98. The molecule has 0 saturated carbocycles. The highest BCUT2D eigenvalue weighted by Gasteiger charge is 2.18. The number of aromatic nitrogens is 3. The van der Waals surface area contributed by atoms with Crippen LogP contribution in [-0.4, -0.2) is 70.6 Å². The minimum absolute atomic E-state index is 0.0232. The molecule has 0 atom stereocenters. The number of piperazine rings is 1. The quantitative estimate of drug-likeness (QED) is 0.537. The van der Waals surface area contributed by atoms with Gasteiger partial charge in [-0.15, -0.1) is 0 Å². The van der Waals surface area contributed by atoms with Crippen LogP contribution in [-0.2, 0) is 11.2 Å². The van der Waals surface area contributed by atoms with E-state index in [1.807, 2.05) is 19.9 Å². The van der Waals surface area contributed by atoms with Gasteiger partial charge in [-0.05, 0) is 38.0 Å². The summed E-state index contributed by atoms with van der Waals surface area (Å²) in [6.07, 6.45) is 2.38. The number of amides is 2. The first-order valence-corrected chi connectivity index (χ1v) is 11.4. The summed E-state index contributed by atoms with van der Waals surface area (Å²) in [6.45, 7) is 9.27. The second-order valence-electron chi connectivity index (χ2n) is 8.43. The van der Waals surface area contributed by atoms with Crippen molar-refractivity contribution in [2.24, 2.45) is 5.73 Å². The van der Waals surface area contributed by atoms with Crippen LogP contribution in [0.1, 0.15) is 33.7 Å². The molecule has 3 N–H and O–H groups in total. The molecule has 1 fully saturated rings. The first-order chi connectivity index (χ1) is 15.9. The molecule has 174 valence electrons. The van der Waals surface area contributed by atoms with Crippen molar-refractivity contribution < 1.29 is 9.59 Å². The van der Waals surface area contributed by atoms with Crippen LogP contribution in [0.15, 0.2) is 36.5 Å². The molecule has 2 amide bonds. The average Bonchev–Trinajstić information content (AvgIpc) is 3.24. The monoisotopic (exact) mass is 449 g/mol. The Labute approximate surface area is 193 Å². The topological polar surface area (TPSA) is 109 Å². The zero-order valence-corrected chi connectivity index (χ0v) is 19.3. The molecule has 2 aromatic heterocycles. The smallest absolute Gasteiger partial charge is 0.254 e. The maximum Gasteiger partial charge on any atom is 0.254 e. The first-order valence-electron chi connectivity index (χ1n) is 11.4. The predicted octanol–water partition coefficient (Wildman–Crippen LogP) is 1.32. The standard InChI is InChI=1S/C24H31N7O2/c1-17-20(18(2)31-24(28-17)21(16-27-31)23(25)33)8-9-22(32)26-10-11-29-12-14-30(15-13-29)19-6-4-3-5-7-19/h3-7,16H,8-15H2,1-2H3,(H2,25,33)(H,26,32). The molecule has 1 saturated heterocycles. The van der Waals surface area contributed by atoms with Gasteiger partial charge in [0.2, 0.25) is 5.91 Å². The number of para-hydroxylation sites is 1. The van der Waals surface area contributed by atoms with E-state index >= 15 is 0 Å². The maximum absolute atomic E-state index is 12.4. The number of carbonyl (C=O) groups excluding carboxylic acids is 2. The highest BCUT2D eigenvalue weighted by Crippen LogP contribution is 2.18. The number of nitrogens with two attached hydrogens (primary N) is 1. The second-order valence-corrected chi connectivity index (χ2v) is 8.43. The van der Waals surface area contributed by atoms with Crippen LogP contribution in [0.5, 0.6) is 0 Å². The van der Waals surface area contributed by atoms with Gasteiger partial charge in [0.15, 0.2) is 5.65 Å². The number of rotatable bonds is 8. The Kier molecular flexibility index (Phi) is 6.88. The van der Waals surface area contributed by atoms with Crippen molar-refractivity contribution in [1.82, 2.24) is 24.8 Å². The molecule has 0 radical (unpaired) electrons. The normalized spacial score (nSPS) is 14.5. The van der Waals surface area contributed by atoms with Crippen molar-refractivity contribution >= 4 is 23.1 Å². The Hall–Kier alpha value is -3.46. The van der Waals surface area contributed by atoms with Gasteiger partial charge in [-0.3, -0.25) is 14.5 Å². The molecule has 9 nitrogen and oxygen atoms in total. The third-order valence-electron chi connectivity index (χ3n) is 6.32. The van der Waals surface area contributed by atoms with Crippen LogP contribution < -0.4 is 16.0 Å². The number of aryl methyl sites for hydroxylation is 2. The predicted molar refractivity (Wildman–Crippen MR) is 127 cm³/mol. The number of hydrogen-bond acceptors (Lipinski definition) is 6. The second kappa shape index (κ2) is 9.99. The fraction of sp³-hybridized carbons (Fsp3) is 0.417. The van der Waals surface area contributed by atoms with E-state index in [4.69, 9.17) is 5.73 Å². The van der Waals surface area contributed by atoms with Gasteiger partial charge >= 0.3 is 0 Å². The fourth-order valence-corrected chi connectivity index (χ4v) is 4.40. The Morgan fingerprint density at radius 3 is 2.52 bits per heavy atom. The largest absolute Gasteiger partial charge is 0.369 e. The molecule has 1 aliphatic rings. The summed E-state index contributed by atoms with van der Waals surface area (Å²) in [6, 6.07) is 10.5. The molecule has 1 aromatic carbocycles. The molecule has 3 heterocycles. The van der Waals surface area contributed by atoms with Crippen LogP contribution in [0.25, 0.3) is 5.65 Å². The number of benzene rings is 1. The van der Waals surface area contributed by atoms with Gasteiger partial charge in [0.1, 0.15) is 5.56 Å². The van der Waals surface area contributed by atoms with E-state index < -0.39 is 5.91 Å². The molecule has 0 bridgehead atoms. The summed E-state index contributed by atoms with van der Waals surface area (Å²) >= 11 is 0. The molecule has 0 aliphatic carbocycles. The zero-order valence-electron chi connectivity index (χ0n) is 19.3. The van der Waals surface area contributed by atoms with E-state index in [-0.39, 0.29) is 5.91 Å². The van der Waals surface area contributed by atoms with E-state index in [0.29, 0.717) is 30.6 Å². The Balaban J connectivity index is 1.23. The van der Waals surface area contributed by atoms with Crippen LogP contribution >= 0.6 is 0 Å². The SMILES string of the molecule is Cc1nc2c(C(N)=O)cnn2c(C)c1CCC(=O)NCCN1CCN(c2ccccc2)CC1. The number of anilines is 1. The molecule has 0 unspecified atom stereocenters. The van der Waals surface area contributed by atoms with E-state index in [9.17, 15) is 9.59 Å². The Bertz CT molecular complexity index is 1130. The van der Waals surface area contributed by atoms with E-state index in [0.717, 1.165) is 49.7 Å². The molecule has 33 heavy (non-hydrogen) atoms. The van der Waals surface area contributed by atoms with Crippen molar-refractivity contribution in [3.8, 4) is 0 Å². The fourth-order valence-electron chi connectivity index (χ4n) is 4.40. The van der Waals surface area contributed by atoms with E-state index in [2.05, 4.69) is 49.5 Å². The first kappa shape index (κ1) is 22.7. The van der Waals surface area contributed by atoms with Crippen LogP contribution in [0.4, 0.5) is 5.69 Å². The lowest BCUT2D eigenvalue weighted by atomic mass is 10.1. The van der Waals surface area contributed by atoms with Gasteiger partial charge in [-0.25, -0.2) is 9.50 Å². The minimum atomic E-state index is -0.551. The zero-order chi connectivity index (χ0) is 23.4. The Morgan fingerprint density at radius 2 is 1.82 bits per heavy atom. The molecular formula is C24H31N7O2. The molecular weight excluding hydrogens is 418 g/mol. The highest BCUT2D eigenvalue weighted by atomic mass is 16.2. The van der Waals surface area contributed by atoms with E-state index in [1.165, 1.54) is 11.9 Å². The third kappa shape index (κ3) is 5.14. The Morgan fingerprint density at radius 1 is 1.09 bits per heavy atom. The van der Waals surface area contributed by atoms with Crippen molar-refractivity contribution in [3.05, 3.63) is 59.0 Å².